The van der Waals surface area contributed by atoms with Gasteiger partial charge < -0.3 is 5.32 Å². The minimum absolute atomic E-state index is 0.0720. The van der Waals surface area contributed by atoms with Crippen LogP contribution in [-0.4, -0.2) is 12.6 Å². The van der Waals surface area contributed by atoms with Gasteiger partial charge in [-0.1, -0.05) is 42.3 Å². The van der Waals surface area contributed by atoms with Crippen LogP contribution in [-0.2, 0) is 6.42 Å². The number of hydrogen-bond donors (Lipinski definition) is 1. The molecule has 0 spiro atoms. The Labute approximate surface area is 136 Å². The maximum absolute atomic E-state index is 14.1. The third-order valence-corrected chi connectivity index (χ3v) is 5.32. The summed E-state index contributed by atoms with van der Waals surface area (Å²) in [6.07, 6.45) is 7.05. The molecule has 118 valence electrons. The smallest absolute Gasteiger partial charge is 0.127 e. The zero-order valence-corrected chi connectivity index (χ0v) is 14.8. The quantitative estimate of drug-likeness (QED) is 0.727. The van der Waals surface area contributed by atoms with Gasteiger partial charge in [-0.15, -0.1) is 0 Å². The molecule has 1 fully saturated rings. The van der Waals surface area contributed by atoms with Gasteiger partial charge in [-0.3, -0.25) is 0 Å². The van der Waals surface area contributed by atoms with Crippen molar-refractivity contribution in [1.29, 1.82) is 0 Å². The van der Waals surface area contributed by atoms with E-state index < -0.39 is 0 Å². The third-order valence-electron chi connectivity index (χ3n) is 4.82. The molecule has 1 N–H and O–H groups in total. The van der Waals surface area contributed by atoms with Gasteiger partial charge in [-0.2, -0.15) is 0 Å². The van der Waals surface area contributed by atoms with Crippen molar-refractivity contribution >= 4 is 15.9 Å². The van der Waals surface area contributed by atoms with E-state index in [9.17, 15) is 4.39 Å². The van der Waals surface area contributed by atoms with Crippen LogP contribution in [0.3, 0.4) is 0 Å². The predicted octanol–water partition coefficient (Wildman–Crippen LogP) is 5.33. The fourth-order valence-electron chi connectivity index (χ4n) is 3.53. The highest BCUT2D eigenvalue weighted by atomic mass is 79.9. The first-order valence-corrected chi connectivity index (χ1v) is 9.10. The van der Waals surface area contributed by atoms with Crippen LogP contribution in [0.2, 0.25) is 0 Å². The molecule has 0 heterocycles. The molecule has 1 aliphatic carbocycles. The van der Waals surface area contributed by atoms with E-state index in [4.69, 9.17) is 0 Å². The zero-order valence-electron chi connectivity index (χ0n) is 13.2. The van der Waals surface area contributed by atoms with Crippen molar-refractivity contribution in [3.63, 3.8) is 0 Å². The van der Waals surface area contributed by atoms with Crippen LogP contribution in [0.25, 0.3) is 0 Å². The van der Waals surface area contributed by atoms with Crippen LogP contribution < -0.4 is 5.32 Å². The van der Waals surface area contributed by atoms with Crippen molar-refractivity contribution in [3.8, 4) is 0 Å². The maximum Gasteiger partial charge on any atom is 0.127 e. The predicted molar refractivity (Wildman–Crippen MR) is 91.0 cm³/mol. The lowest BCUT2D eigenvalue weighted by atomic mass is 9.74. The summed E-state index contributed by atoms with van der Waals surface area (Å²) in [5.41, 5.74) is 0.864. The molecular formula is C18H27BrFN. The second kappa shape index (κ2) is 8.28. The van der Waals surface area contributed by atoms with Gasteiger partial charge in [0.2, 0.25) is 0 Å². The van der Waals surface area contributed by atoms with Crippen molar-refractivity contribution in [1.82, 2.24) is 5.32 Å². The molecule has 0 radical (unpaired) electrons. The van der Waals surface area contributed by atoms with Crippen LogP contribution >= 0.6 is 15.9 Å². The Bertz CT molecular complexity index is 449. The lowest BCUT2D eigenvalue weighted by Crippen LogP contribution is -2.42. The Kier molecular flexibility index (Phi) is 6.69. The highest BCUT2D eigenvalue weighted by molar-refractivity contribution is 9.10. The van der Waals surface area contributed by atoms with E-state index in [0.29, 0.717) is 12.0 Å². The summed E-state index contributed by atoms with van der Waals surface area (Å²) < 4.78 is 14.9. The summed E-state index contributed by atoms with van der Waals surface area (Å²) in [6, 6.07) is 6.03. The summed E-state index contributed by atoms with van der Waals surface area (Å²) in [6.45, 7) is 5.55. The first-order chi connectivity index (χ1) is 10.1. The third kappa shape index (κ3) is 4.79. The molecule has 0 bridgehead atoms. The molecule has 0 saturated heterocycles. The average Bonchev–Trinajstić information content (AvgIpc) is 2.48. The Balaban J connectivity index is 2.07. The largest absolute Gasteiger partial charge is 0.314 e. The number of rotatable bonds is 6. The van der Waals surface area contributed by atoms with Gasteiger partial charge in [0.1, 0.15) is 5.82 Å². The average molecular weight is 356 g/mol. The second-order valence-corrected chi connectivity index (χ2v) is 7.26. The molecular weight excluding hydrogens is 329 g/mol. The van der Waals surface area contributed by atoms with E-state index in [2.05, 4.69) is 35.1 Å². The summed E-state index contributed by atoms with van der Waals surface area (Å²) in [5.74, 6) is 1.30. The second-order valence-electron chi connectivity index (χ2n) is 6.35. The summed E-state index contributed by atoms with van der Waals surface area (Å²) in [4.78, 5) is 0. The van der Waals surface area contributed by atoms with Crippen LogP contribution in [0.5, 0.6) is 0 Å². The molecule has 3 heteroatoms. The van der Waals surface area contributed by atoms with E-state index in [-0.39, 0.29) is 5.82 Å². The molecule has 1 aliphatic rings. The minimum Gasteiger partial charge on any atom is -0.314 e. The van der Waals surface area contributed by atoms with Gasteiger partial charge in [0.15, 0.2) is 0 Å². The SMILES string of the molecule is CCCNC1CCC(CC)CC1Cc1ccc(Br)cc1F. The molecule has 3 atom stereocenters. The maximum atomic E-state index is 14.1. The first kappa shape index (κ1) is 17.0. The Morgan fingerprint density at radius 1 is 1.29 bits per heavy atom. The molecule has 1 saturated carbocycles. The fraction of sp³-hybridized carbons (Fsp3) is 0.667. The lowest BCUT2D eigenvalue weighted by Gasteiger charge is -2.37. The number of benzene rings is 1. The number of hydrogen-bond acceptors (Lipinski definition) is 1. The lowest BCUT2D eigenvalue weighted by molar-refractivity contribution is 0.197. The molecule has 1 aromatic rings. The van der Waals surface area contributed by atoms with Gasteiger partial charge in [0.25, 0.3) is 0 Å². The van der Waals surface area contributed by atoms with Crippen molar-refractivity contribution < 1.29 is 4.39 Å². The molecule has 21 heavy (non-hydrogen) atoms. The Morgan fingerprint density at radius 2 is 2.10 bits per heavy atom. The van der Waals surface area contributed by atoms with Gasteiger partial charge in [0, 0.05) is 10.5 Å². The van der Waals surface area contributed by atoms with Gasteiger partial charge in [-0.05, 0) is 68.2 Å². The number of nitrogens with one attached hydrogen (secondary N) is 1. The summed E-state index contributed by atoms with van der Waals surface area (Å²) >= 11 is 3.34. The fourth-order valence-corrected chi connectivity index (χ4v) is 3.86. The van der Waals surface area contributed by atoms with E-state index in [0.717, 1.165) is 35.3 Å². The molecule has 1 aromatic carbocycles. The number of halogens is 2. The topological polar surface area (TPSA) is 12.0 Å². The van der Waals surface area contributed by atoms with Gasteiger partial charge >= 0.3 is 0 Å². The van der Waals surface area contributed by atoms with Crippen molar-refractivity contribution in [2.75, 3.05) is 6.54 Å². The molecule has 2 rings (SSSR count). The summed E-state index contributed by atoms with van der Waals surface area (Å²) in [5, 5.41) is 3.69. The van der Waals surface area contributed by atoms with E-state index in [1.807, 2.05) is 12.1 Å². The van der Waals surface area contributed by atoms with E-state index in [1.54, 1.807) is 6.07 Å². The molecule has 3 unspecified atom stereocenters. The van der Waals surface area contributed by atoms with Crippen LogP contribution in [0.4, 0.5) is 4.39 Å². The zero-order chi connectivity index (χ0) is 15.2. The highest BCUT2D eigenvalue weighted by Gasteiger charge is 2.29. The molecule has 1 nitrogen and oxygen atoms in total. The Hall–Kier alpha value is -0.410. The molecule has 0 amide bonds. The van der Waals surface area contributed by atoms with Crippen LogP contribution in [0.15, 0.2) is 22.7 Å². The molecule has 0 aromatic heterocycles. The van der Waals surface area contributed by atoms with Crippen molar-refractivity contribution in [2.45, 2.75) is 58.4 Å². The van der Waals surface area contributed by atoms with Crippen molar-refractivity contribution in [3.05, 3.63) is 34.1 Å². The minimum atomic E-state index is -0.0720. The monoisotopic (exact) mass is 355 g/mol. The Morgan fingerprint density at radius 3 is 2.76 bits per heavy atom. The summed E-state index contributed by atoms with van der Waals surface area (Å²) in [7, 11) is 0. The van der Waals surface area contributed by atoms with Crippen LogP contribution in [0, 0.1) is 17.7 Å². The van der Waals surface area contributed by atoms with E-state index in [1.165, 1.54) is 25.7 Å². The standard InChI is InChI=1S/C18H27BrFN/c1-3-9-21-18-8-5-13(4-2)10-15(18)11-14-6-7-16(19)12-17(14)20/h6-7,12-13,15,18,21H,3-5,8-11H2,1-2H3. The van der Waals surface area contributed by atoms with Gasteiger partial charge in [0.05, 0.1) is 0 Å². The van der Waals surface area contributed by atoms with Gasteiger partial charge in [-0.25, -0.2) is 4.39 Å². The highest BCUT2D eigenvalue weighted by Crippen LogP contribution is 2.34. The first-order valence-electron chi connectivity index (χ1n) is 8.31. The van der Waals surface area contributed by atoms with Crippen LogP contribution in [0.1, 0.15) is 51.5 Å². The van der Waals surface area contributed by atoms with Crippen molar-refractivity contribution in [2.24, 2.45) is 11.8 Å². The normalized spacial score (nSPS) is 26.0. The van der Waals surface area contributed by atoms with E-state index >= 15 is 0 Å². The molecule has 0 aliphatic heterocycles.